The number of piperidine rings is 1. The monoisotopic (exact) mass is 427 g/mol. The fourth-order valence-corrected chi connectivity index (χ4v) is 4.49. The molecule has 0 unspecified atom stereocenters. The highest BCUT2D eigenvalue weighted by Crippen LogP contribution is 2.26. The van der Waals surface area contributed by atoms with Crippen LogP contribution >= 0.6 is 11.6 Å². The van der Waals surface area contributed by atoms with Crippen molar-refractivity contribution in [1.29, 1.82) is 0 Å². The quantitative estimate of drug-likeness (QED) is 0.575. The average Bonchev–Trinajstić information content (AvgIpc) is 3.04. The summed E-state index contributed by atoms with van der Waals surface area (Å²) < 4.78 is 3.76. The minimum Gasteiger partial charge on any atom is -0.465 e. The Balaban J connectivity index is 1.48. The number of aryl methyl sites for hydroxylation is 2. The zero-order valence-corrected chi connectivity index (χ0v) is 17.6. The Morgan fingerprint density at radius 2 is 1.67 bits per heavy atom. The zero-order chi connectivity index (χ0) is 21.1. The number of amides is 1. The number of likely N-dealkylation sites (tertiary alicyclic amines) is 1. The Bertz CT molecular complexity index is 1080. The van der Waals surface area contributed by atoms with Crippen molar-refractivity contribution in [3.63, 3.8) is 0 Å². The van der Waals surface area contributed by atoms with Gasteiger partial charge < -0.3 is 10.0 Å². The van der Waals surface area contributed by atoms with E-state index in [0.29, 0.717) is 32.5 Å². The van der Waals surface area contributed by atoms with E-state index in [1.54, 1.807) is 0 Å². The molecular weight excluding hydrogens is 402 g/mol. The Labute approximate surface area is 180 Å². The molecule has 1 N–H and O–H groups in total. The summed E-state index contributed by atoms with van der Waals surface area (Å²) in [6.07, 6.45) is 3.30. The molecule has 1 fully saturated rings. The molecule has 0 bridgehead atoms. The molecule has 0 saturated carbocycles. The predicted octanol–water partition coefficient (Wildman–Crippen LogP) is 4.79. The van der Waals surface area contributed by atoms with Gasteiger partial charge in [0.1, 0.15) is 0 Å². The lowest BCUT2D eigenvalue weighted by Gasteiger charge is -2.30. The van der Waals surface area contributed by atoms with Crippen LogP contribution in [0.25, 0.3) is 11.0 Å². The highest BCUT2D eigenvalue weighted by Gasteiger charge is 2.26. The van der Waals surface area contributed by atoms with Gasteiger partial charge in [-0.1, -0.05) is 35.9 Å². The number of benzene rings is 2. The lowest BCUT2D eigenvalue weighted by molar-refractivity contribution is 0.125. The van der Waals surface area contributed by atoms with Gasteiger partial charge in [-0.2, -0.15) is 0 Å². The van der Waals surface area contributed by atoms with Gasteiger partial charge in [-0.3, -0.25) is 9.13 Å². The number of hydrogen-bond donors (Lipinski definition) is 1. The molecule has 2 aromatic carbocycles. The maximum atomic E-state index is 13.3. The number of nitrogens with zero attached hydrogens (tertiary/aromatic N) is 3. The van der Waals surface area contributed by atoms with Gasteiger partial charge in [-0.05, 0) is 61.9 Å². The Morgan fingerprint density at radius 3 is 2.33 bits per heavy atom. The van der Waals surface area contributed by atoms with Crippen molar-refractivity contribution in [3.8, 4) is 0 Å². The molecule has 158 valence electrons. The van der Waals surface area contributed by atoms with Crippen LogP contribution in [0.1, 0.15) is 37.3 Å². The molecule has 0 spiro atoms. The van der Waals surface area contributed by atoms with Crippen LogP contribution in [0.15, 0.2) is 53.3 Å². The summed E-state index contributed by atoms with van der Waals surface area (Å²) in [6, 6.07) is 15.8. The smallest absolute Gasteiger partial charge is 0.407 e. The van der Waals surface area contributed by atoms with E-state index in [1.165, 1.54) is 10.5 Å². The van der Waals surface area contributed by atoms with Crippen LogP contribution in [0, 0.1) is 0 Å². The first-order valence-electron chi connectivity index (χ1n) is 10.5. The van der Waals surface area contributed by atoms with E-state index >= 15 is 0 Å². The number of hydrogen-bond acceptors (Lipinski definition) is 2. The molecule has 4 rings (SSSR count). The first-order valence-corrected chi connectivity index (χ1v) is 10.8. The number of fused-ring (bicyclic) bond motifs is 1. The fraction of sp³-hybridized carbons (Fsp3) is 0.391. The van der Waals surface area contributed by atoms with E-state index in [-0.39, 0.29) is 11.7 Å². The summed E-state index contributed by atoms with van der Waals surface area (Å²) in [5.74, 6) is 0. The lowest BCUT2D eigenvalue weighted by atomic mass is 10.1. The number of carboxylic acid groups (broad SMARTS) is 1. The summed E-state index contributed by atoms with van der Waals surface area (Å²) in [5, 5.41) is 9.93. The van der Waals surface area contributed by atoms with Crippen molar-refractivity contribution in [1.82, 2.24) is 14.0 Å². The second kappa shape index (κ2) is 8.96. The summed E-state index contributed by atoms with van der Waals surface area (Å²) in [4.78, 5) is 25.9. The van der Waals surface area contributed by atoms with Crippen molar-refractivity contribution in [2.75, 3.05) is 13.1 Å². The van der Waals surface area contributed by atoms with Crippen molar-refractivity contribution in [2.24, 2.45) is 0 Å². The van der Waals surface area contributed by atoms with Crippen LogP contribution in [0.4, 0.5) is 4.79 Å². The molecule has 30 heavy (non-hydrogen) atoms. The maximum Gasteiger partial charge on any atom is 0.407 e. The molecular formula is C23H26ClN3O3. The highest BCUT2D eigenvalue weighted by atomic mass is 35.5. The van der Waals surface area contributed by atoms with E-state index in [9.17, 15) is 14.7 Å². The molecule has 7 heteroatoms. The summed E-state index contributed by atoms with van der Waals surface area (Å²) in [7, 11) is 0. The lowest BCUT2D eigenvalue weighted by Crippen LogP contribution is -2.40. The van der Waals surface area contributed by atoms with Crippen LogP contribution in [0.3, 0.4) is 0 Å². The van der Waals surface area contributed by atoms with Gasteiger partial charge in [0.05, 0.1) is 11.0 Å². The number of unbranched alkanes of at least 4 members (excludes halogenated alkanes) is 1. The molecule has 3 aromatic rings. The molecule has 0 aliphatic carbocycles. The fourth-order valence-electron chi connectivity index (χ4n) is 4.37. The topological polar surface area (TPSA) is 67.5 Å². The van der Waals surface area contributed by atoms with Crippen molar-refractivity contribution in [2.45, 2.75) is 44.7 Å². The molecule has 2 heterocycles. The Kier molecular flexibility index (Phi) is 6.13. The van der Waals surface area contributed by atoms with Crippen molar-refractivity contribution < 1.29 is 9.90 Å². The number of para-hydroxylation sites is 2. The van der Waals surface area contributed by atoms with E-state index in [4.69, 9.17) is 11.6 Å². The van der Waals surface area contributed by atoms with Gasteiger partial charge in [0.25, 0.3) is 0 Å². The average molecular weight is 428 g/mol. The predicted molar refractivity (Wildman–Crippen MR) is 118 cm³/mol. The van der Waals surface area contributed by atoms with Gasteiger partial charge in [-0.25, -0.2) is 9.59 Å². The molecule has 0 radical (unpaired) electrons. The number of imidazole rings is 1. The van der Waals surface area contributed by atoms with Crippen LogP contribution < -0.4 is 5.69 Å². The number of aromatic nitrogens is 2. The standard InChI is InChI=1S/C23H26ClN3O3/c24-18-10-8-17(9-11-18)5-3-4-14-26-20-6-1-2-7-21(20)27(22(26)28)19-12-15-25(16-13-19)23(29)30/h1-2,6-11,19H,3-5,12-16H2,(H,29,30). The first kappa shape index (κ1) is 20.5. The molecule has 6 nitrogen and oxygen atoms in total. The minimum absolute atomic E-state index is 0.0106. The third kappa shape index (κ3) is 4.24. The van der Waals surface area contributed by atoms with Gasteiger partial charge in [0.15, 0.2) is 0 Å². The molecule has 1 saturated heterocycles. The van der Waals surface area contributed by atoms with Crippen LogP contribution in [-0.4, -0.2) is 38.3 Å². The minimum atomic E-state index is -0.885. The Hall–Kier alpha value is -2.73. The SMILES string of the molecule is O=C(O)N1CCC(n2c(=O)n(CCCCc3ccc(Cl)cc3)c3ccccc32)CC1. The Morgan fingerprint density at radius 1 is 1.00 bits per heavy atom. The number of halogens is 1. The third-order valence-electron chi connectivity index (χ3n) is 5.98. The van der Waals surface area contributed by atoms with E-state index < -0.39 is 6.09 Å². The summed E-state index contributed by atoms with van der Waals surface area (Å²) in [6.45, 7) is 1.61. The van der Waals surface area contributed by atoms with Crippen LogP contribution in [0.2, 0.25) is 5.02 Å². The van der Waals surface area contributed by atoms with Gasteiger partial charge in [-0.15, -0.1) is 0 Å². The van der Waals surface area contributed by atoms with Crippen molar-refractivity contribution >= 4 is 28.7 Å². The van der Waals surface area contributed by atoms with Gasteiger partial charge in [0.2, 0.25) is 0 Å². The summed E-state index contributed by atoms with van der Waals surface area (Å²) >= 11 is 5.94. The summed E-state index contributed by atoms with van der Waals surface area (Å²) in [5.41, 5.74) is 3.15. The second-order valence-corrected chi connectivity index (χ2v) is 8.31. The molecule has 1 aliphatic rings. The second-order valence-electron chi connectivity index (χ2n) is 7.88. The molecule has 1 amide bonds. The van der Waals surface area contributed by atoms with E-state index in [0.717, 1.165) is 35.3 Å². The maximum absolute atomic E-state index is 13.3. The molecule has 1 aromatic heterocycles. The molecule has 1 aliphatic heterocycles. The highest BCUT2D eigenvalue weighted by molar-refractivity contribution is 6.30. The normalized spacial score (nSPS) is 15.0. The van der Waals surface area contributed by atoms with Crippen LogP contribution in [0.5, 0.6) is 0 Å². The number of rotatable bonds is 6. The number of carbonyl (C=O) groups is 1. The largest absolute Gasteiger partial charge is 0.465 e. The first-order chi connectivity index (χ1) is 14.5. The zero-order valence-electron chi connectivity index (χ0n) is 16.8. The van der Waals surface area contributed by atoms with E-state index in [1.807, 2.05) is 57.7 Å². The van der Waals surface area contributed by atoms with Gasteiger partial charge in [0, 0.05) is 30.7 Å². The van der Waals surface area contributed by atoms with Gasteiger partial charge >= 0.3 is 11.8 Å². The molecule has 0 atom stereocenters. The van der Waals surface area contributed by atoms with Crippen molar-refractivity contribution in [3.05, 3.63) is 69.6 Å². The van der Waals surface area contributed by atoms with E-state index in [2.05, 4.69) is 0 Å². The third-order valence-corrected chi connectivity index (χ3v) is 6.23. The van der Waals surface area contributed by atoms with Crippen LogP contribution in [-0.2, 0) is 13.0 Å².